The molecular weight excluding hydrogens is 212 g/mol. The summed E-state index contributed by atoms with van der Waals surface area (Å²) in [6.45, 7) is 4.16. The van der Waals surface area contributed by atoms with Crippen LogP contribution in [0.1, 0.15) is 39.5 Å². The van der Waals surface area contributed by atoms with Gasteiger partial charge in [0.15, 0.2) is 0 Å². The second-order valence-electron chi connectivity index (χ2n) is 3.31. The maximum Gasteiger partial charge on any atom is 0.386 e. The zero-order chi connectivity index (χ0) is 12.4. The van der Waals surface area contributed by atoms with Crippen molar-refractivity contribution < 1.29 is 23.9 Å². The molecule has 0 radical (unpaired) electrons. The Morgan fingerprint density at radius 3 is 1.50 bits per heavy atom. The fraction of sp³-hybridized carbons (Fsp3) is 0.727. The van der Waals surface area contributed by atoms with E-state index in [4.69, 9.17) is 0 Å². The molecule has 0 spiro atoms. The SMILES string of the molecule is CCCCOC(=O)C(=O)C(=O)OCCCC. The molecule has 0 unspecified atom stereocenters. The second kappa shape index (κ2) is 8.88. The van der Waals surface area contributed by atoms with Gasteiger partial charge in [-0.15, -0.1) is 0 Å². The third kappa shape index (κ3) is 6.16. The van der Waals surface area contributed by atoms with E-state index in [1.807, 2.05) is 13.8 Å². The molecule has 0 aromatic carbocycles. The van der Waals surface area contributed by atoms with Gasteiger partial charge in [0.25, 0.3) is 0 Å². The molecule has 92 valence electrons. The molecule has 0 aliphatic heterocycles. The number of unbranched alkanes of at least 4 members (excludes halogenated alkanes) is 2. The Morgan fingerprint density at radius 2 is 1.19 bits per heavy atom. The van der Waals surface area contributed by atoms with Gasteiger partial charge in [0, 0.05) is 0 Å². The first-order valence-electron chi connectivity index (χ1n) is 5.51. The molecule has 0 aliphatic rings. The minimum Gasteiger partial charge on any atom is -0.460 e. The minimum atomic E-state index is -1.23. The Hall–Kier alpha value is -1.39. The maximum atomic E-state index is 11.1. The van der Waals surface area contributed by atoms with Crippen molar-refractivity contribution in [3.63, 3.8) is 0 Å². The molecule has 0 atom stereocenters. The Labute approximate surface area is 95.1 Å². The summed E-state index contributed by atoms with van der Waals surface area (Å²) in [7, 11) is 0. The van der Waals surface area contributed by atoms with E-state index in [1.165, 1.54) is 0 Å². The van der Waals surface area contributed by atoms with E-state index >= 15 is 0 Å². The summed E-state index contributed by atoms with van der Waals surface area (Å²) in [5.41, 5.74) is 0. The Balaban J connectivity index is 3.83. The minimum absolute atomic E-state index is 0.156. The van der Waals surface area contributed by atoms with Crippen molar-refractivity contribution in [2.24, 2.45) is 0 Å². The highest BCUT2D eigenvalue weighted by Gasteiger charge is 2.25. The standard InChI is InChI=1S/C11H18O5/c1-3-5-7-15-10(13)9(12)11(14)16-8-6-4-2/h3-8H2,1-2H3. The van der Waals surface area contributed by atoms with Gasteiger partial charge < -0.3 is 9.47 Å². The van der Waals surface area contributed by atoms with Crippen molar-refractivity contribution in [3.05, 3.63) is 0 Å². The summed E-state index contributed by atoms with van der Waals surface area (Å²) < 4.78 is 9.16. The van der Waals surface area contributed by atoms with Gasteiger partial charge in [-0.3, -0.25) is 4.79 Å². The summed E-state index contributed by atoms with van der Waals surface area (Å²) in [4.78, 5) is 33.1. The van der Waals surface area contributed by atoms with Crippen LogP contribution >= 0.6 is 0 Å². The van der Waals surface area contributed by atoms with Gasteiger partial charge in [0.05, 0.1) is 13.2 Å². The first-order valence-corrected chi connectivity index (χ1v) is 5.51. The highest BCUT2D eigenvalue weighted by Crippen LogP contribution is 1.93. The van der Waals surface area contributed by atoms with Crippen molar-refractivity contribution in [1.82, 2.24) is 0 Å². The van der Waals surface area contributed by atoms with Crippen LogP contribution in [0, 0.1) is 0 Å². The Bertz CT molecular complexity index is 223. The molecule has 0 heterocycles. The lowest BCUT2D eigenvalue weighted by atomic mass is 10.3. The fourth-order valence-electron chi connectivity index (χ4n) is 0.833. The van der Waals surface area contributed by atoms with Crippen molar-refractivity contribution in [1.29, 1.82) is 0 Å². The highest BCUT2D eigenvalue weighted by molar-refractivity contribution is 6.60. The number of ether oxygens (including phenoxy) is 2. The molecule has 5 heteroatoms. The average molecular weight is 230 g/mol. The monoisotopic (exact) mass is 230 g/mol. The van der Waals surface area contributed by atoms with Gasteiger partial charge in [0.2, 0.25) is 0 Å². The molecule has 0 saturated heterocycles. The molecule has 16 heavy (non-hydrogen) atoms. The molecule has 0 amide bonds. The number of rotatable bonds is 8. The predicted molar refractivity (Wildman–Crippen MR) is 56.7 cm³/mol. The van der Waals surface area contributed by atoms with E-state index in [2.05, 4.69) is 9.47 Å². The lowest BCUT2D eigenvalue weighted by Crippen LogP contribution is -2.28. The molecule has 0 aromatic heterocycles. The molecule has 0 N–H and O–H groups in total. The summed E-state index contributed by atoms with van der Waals surface area (Å²) >= 11 is 0. The molecule has 0 rings (SSSR count). The van der Waals surface area contributed by atoms with Crippen molar-refractivity contribution in [3.8, 4) is 0 Å². The third-order valence-electron chi connectivity index (χ3n) is 1.83. The topological polar surface area (TPSA) is 69.7 Å². The highest BCUT2D eigenvalue weighted by atomic mass is 16.6. The predicted octanol–water partition coefficient (Wildman–Crippen LogP) is 1.24. The van der Waals surface area contributed by atoms with Crippen LogP contribution in [0.25, 0.3) is 0 Å². The van der Waals surface area contributed by atoms with Crippen LogP contribution < -0.4 is 0 Å². The molecular formula is C11H18O5. The van der Waals surface area contributed by atoms with Crippen LogP contribution in [-0.4, -0.2) is 30.9 Å². The van der Waals surface area contributed by atoms with Crippen LogP contribution in [0.5, 0.6) is 0 Å². The van der Waals surface area contributed by atoms with Gasteiger partial charge in [-0.2, -0.15) is 0 Å². The van der Waals surface area contributed by atoms with E-state index in [0.29, 0.717) is 12.8 Å². The number of carbonyl (C=O) groups excluding carboxylic acids is 3. The second-order valence-corrected chi connectivity index (χ2v) is 3.31. The smallest absolute Gasteiger partial charge is 0.386 e. The van der Waals surface area contributed by atoms with E-state index in [-0.39, 0.29) is 13.2 Å². The van der Waals surface area contributed by atoms with E-state index in [0.717, 1.165) is 12.8 Å². The quantitative estimate of drug-likeness (QED) is 0.271. The number of carbonyl (C=O) groups is 3. The lowest BCUT2D eigenvalue weighted by molar-refractivity contribution is -0.164. The van der Waals surface area contributed by atoms with E-state index in [1.54, 1.807) is 0 Å². The normalized spacial score (nSPS) is 9.62. The van der Waals surface area contributed by atoms with Crippen LogP contribution in [0.4, 0.5) is 0 Å². The number of Topliss-reactive ketones (excluding diaryl/α,β-unsaturated/α-hetero) is 1. The molecule has 0 aliphatic carbocycles. The average Bonchev–Trinajstić information content (AvgIpc) is 2.28. The summed E-state index contributed by atoms with van der Waals surface area (Å²) in [6.07, 6.45) is 3.04. The largest absolute Gasteiger partial charge is 0.460 e. The van der Waals surface area contributed by atoms with Gasteiger partial charge in [-0.1, -0.05) is 26.7 Å². The zero-order valence-corrected chi connectivity index (χ0v) is 9.78. The lowest BCUT2D eigenvalue weighted by Gasteiger charge is -2.03. The van der Waals surface area contributed by atoms with E-state index < -0.39 is 17.7 Å². The first kappa shape index (κ1) is 14.6. The van der Waals surface area contributed by atoms with Gasteiger partial charge in [-0.25, -0.2) is 9.59 Å². The van der Waals surface area contributed by atoms with Crippen LogP contribution in [-0.2, 0) is 23.9 Å². The first-order chi connectivity index (χ1) is 7.63. The van der Waals surface area contributed by atoms with Gasteiger partial charge in [-0.05, 0) is 12.8 Å². The van der Waals surface area contributed by atoms with Crippen molar-refractivity contribution in [2.75, 3.05) is 13.2 Å². The van der Waals surface area contributed by atoms with Crippen LogP contribution in [0.2, 0.25) is 0 Å². The van der Waals surface area contributed by atoms with Gasteiger partial charge >= 0.3 is 17.7 Å². The molecule has 5 nitrogen and oxygen atoms in total. The Kier molecular flexibility index (Phi) is 8.11. The number of hydrogen-bond acceptors (Lipinski definition) is 5. The molecule has 0 fully saturated rings. The fourth-order valence-corrected chi connectivity index (χ4v) is 0.833. The van der Waals surface area contributed by atoms with Crippen molar-refractivity contribution in [2.45, 2.75) is 39.5 Å². The van der Waals surface area contributed by atoms with E-state index in [9.17, 15) is 14.4 Å². The van der Waals surface area contributed by atoms with Gasteiger partial charge in [0.1, 0.15) is 0 Å². The number of hydrogen-bond donors (Lipinski definition) is 0. The molecule has 0 aromatic rings. The zero-order valence-electron chi connectivity index (χ0n) is 9.78. The number of esters is 2. The molecule has 0 saturated carbocycles. The number of ketones is 1. The Morgan fingerprint density at radius 1 is 0.812 bits per heavy atom. The van der Waals surface area contributed by atoms with Crippen LogP contribution in [0.15, 0.2) is 0 Å². The summed E-state index contributed by atoms with van der Waals surface area (Å²) in [5, 5.41) is 0. The van der Waals surface area contributed by atoms with Crippen LogP contribution in [0.3, 0.4) is 0 Å². The third-order valence-corrected chi connectivity index (χ3v) is 1.83. The van der Waals surface area contributed by atoms with Crippen molar-refractivity contribution >= 4 is 17.7 Å². The molecule has 0 bridgehead atoms. The summed E-state index contributed by atoms with van der Waals surface area (Å²) in [5.74, 6) is -3.49. The summed E-state index contributed by atoms with van der Waals surface area (Å²) in [6, 6.07) is 0. The maximum absolute atomic E-state index is 11.1.